The number of benzene rings is 1. The highest BCUT2D eigenvalue weighted by molar-refractivity contribution is 5.88. The topological polar surface area (TPSA) is 55.2 Å². The largest absolute Gasteiger partial charge is 0.438 e. The standard InChI is InChI=1S/C15H19N3O2.H2/c1-4-14(18-16-3)20-13-7-5-6-12(10-13)15-11(2)17-8-9-19-15;/h4-7,10-11,15,17H,1,3,8-9H2,2H3;1H/b18-14+;/t11-,15+;/m1./s1. The Labute approximate surface area is 120 Å². The second-order valence-corrected chi connectivity index (χ2v) is 4.49. The lowest BCUT2D eigenvalue weighted by atomic mass is 10.0. The third kappa shape index (κ3) is 3.53. The Morgan fingerprint density at radius 1 is 1.60 bits per heavy atom. The molecule has 0 saturated carbocycles. The van der Waals surface area contributed by atoms with Crippen molar-refractivity contribution in [2.75, 3.05) is 13.2 Å². The molecule has 1 aliphatic heterocycles. The van der Waals surface area contributed by atoms with E-state index in [-0.39, 0.29) is 13.6 Å². The molecule has 0 aliphatic carbocycles. The molecular weight excluding hydrogens is 254 g/mol. The molecule has 1 aromatic rings. The van der Waals surface area contributed by atoms with Gasteiger partial charge in [0.25, 0.3) is 0 Å². The van der Waals surface area contributed by atoms with Gasteiger partial charge < -0.3 is 14.8 Å². The maximum atomic E-state index is 5.81. The number of ether oxygens (including phenoxy) is 2. The summed E-state index contributed by atoms with van der Waals surface area (Å²) in [6.45, 7) is 10.6. The number of hydrogen-bond acceptors (Lipinski definition) is 5. The lowest BCUT2D eigenvalue weighted by molar-refractivity contribution is -0.000293. The first kappa shape index (κ1) is 14.4. The zero-order valence-corrected chi connectivity index (χ0v) is 11.6. The lowest BCUT2D eigenvalue weighted by Crippen LogP contribution is -2.41. The van der Waals surface area contributed by atoms with E-state index in [9.17, 15) is 0 Å². The van der Waals surface area contributed by atoms with Crippen LogP contribution in [-0.2, 0) is 4.74 Å². The molecule has 0 spiro atoms. The summed E-state index contributed by atoms with van der Waals surface area (Å²) in [7, 11) is 0. The molecule has 0 unspecified atom stereocenters. The van der Waals surface area contributed by atoms with E-state index in [2.05, 4.69) is 35.7 Å². The van der Waals surface area contributed by atoms with E-state index in [1.54, 1.807) is 0 Å². The van der Waals surface area contributed by atoms with E-state index >= 15 is 0 Å². The molecule has 0 radical (unpaired) electrons. The molecular formula is C15H21N3O2. The van der Waals surface area contributed by atoms with Gasteiger partial charge in [0.2, 0.25) is 5.90 Å². The summed E-state index contributed by atoms with van der Waals surface area (Å²) < 4.78 is 11.4. The van der Waals surface area contributed by atoms with Crippen LogP contribution >= 0.6 is 0 Å². The second-order valence-electron chi connectivity index (χ2n) is 4.49. The van der Waals surface area contributed by atoms with Crippen molar-refractivity contribution in [3.8, 4) is 5.75 Å². The average Bonchev–Trinajstić information content (AvgIpc) is 2.47. The van der Waals surface area contributed by atoms with Gasteiger partial charge in [0.15, 0.2) is 0 Å². The number of rotatable bonds is 4. The Balaban J connectivity index is 0.00000220. The van der Waals surface area contributed by atoms with Crippen molar-refractivity contribution < 1.29 is 10.9 Å². The summed E-state index contributed by atoms with van der Waals surface area (Å²) in [6, 6.07) is 8.01. The van der Waals surface area contributed by atoms with Crippen molar-refractivity contribution >= 4 is 12.6 Å². The molecule has 5 heteroatoms. The molecule has 20 heavy (non-hydrogen) atoms. The molecule has 2 atom stereocenters. The van der Waals surface area contributed by atoms with Crippen LogP contribution in [0, 0.1) is 0 Å². The van der Waals surface area contributed by atoms with Crippen LogP contribution in [0.1, 0.15) is 20.0 Å². The summed E-state index contributed by atoms with van der Waals surface area (Å²) >= 11 is 0. The van der Waals surface area contributed by atoms with Crippen molar-refractivity contribution in [1.29, 1.82) is 0 Å². The predicted octanol–water partition coefficient (Wildman–Crippen LogP) is 2.56. The van der Waals surface area contributed by atoms with Crippen molar-refractivity contribution in [3.05, 3.63) is 42.5 Å². The van der Waals surface area contributed by atoms with E-state index in [1.807, 2.05) is 24.3 Å². The third-order valence-corrected chi connectivity index (χ3v) is 3.07. The van der Waals surface area contributed by atoms with Gasteiger partial charge >= 0.3 is 0 Å². The van der Waals surface area contributed by atoms with Crippen molar-refractivity contribution in [3.63, 3.8) is 0 Å². The highest BCUT2D eigenvalue weighted by atomic mass is 16.5. The van der Waals surface area contributed by atoms with Crippen LogP contribution in [0.5, 0.6) is 5.75 Å². The van der Waals surface area contributed by atoms with E-state index in [4.69, 9.17) is 9.47 Å². The zero-order chi connectivity index (χ0) is 14.4. The summed E-state index contributed by atoms with van der Waals surface area (Å²) in [5.74, 6) is 0.985. The first-order chi connectivity index (χ1) is 9.74. The van der Waals surface area contributed by atoms with Gasteiger partial charge in [-0.3, -0.25) is 0 Å². The molecule has 1 aromatic carbocycles. The molecule has 0 amide bonds. The summed E-state index contributed by atoms with van der Waals surface area (Å²) in [5.41, 5.74) is 1.07. The van der Waals surface area contributed by atoms with Crippen LogP contribution in [0.4, 0.5) is 0 Å². The van der Waals surface area contributed by atoms with Crippen LogP contribution in [0.15, 0.2) is 47.1 Å². The van der Waals surface area contributed by atoms with Crippen LogP contribution in [0.2, 0.25) is 0 Å². The summed E-state index contributed by atoms with van der Waals surface area (Å²) in [5, 5.41) is 10.6. The van der Waals surface area contributed by atoms with Gasteiger partial charge in [0.1, 0.15) is 5.75 Å². The van der Waals surface area contributed by atoms with Gasteiger partial charge in [-0.1, -0.05) is 18.7 Å². The first-order valence-electron chi connectivity index (χ1n) is 6.53. The van der Waals surface area contributed by atoms with Crippen molar-refractivity contribution in [2.24, 2.45) is 10.2 Å². The predicted molar refractivity (Wildman–Crippen MR) is 82.5 cm³/mol. The molecule has 0 aromatic heterocycles. The normalized spacial score (nSPS) is 23.1. The van der Waals surface area contributed by atoms with Crippen molar-refractivity contribution in [2.45, 2.75) is 19.1 Å². The maximum absolute atomic E-state index is 5.81. The molecule has 1 fully saturated rings. The molecule has 108 valence electrons. The molecule has 1 heterocycles. The lowest BCUT2D eigenvalue weighted by Gasteiger charge is -2.30. The molecule has 1 aliphatic rings. The minimum absolute atomic E-state index is 0. The highest BCUT2D eigenvalue weighted by Crippen LogP contribution is 2.26. The molecule has 0 bridgehead atoms. The fourth-order valence-electron chi connectivity index (χ4n) is 2.16. The van der Waals surface area contributed by atoms with Gasteiger partial charge in [0, 0.05) is 20.7 Å². The smallest absolute Gasteiger partial charge is 0.238 e. The van der Waals surface area contributed by atoms with Gasteiger partial charge in [-0.15, -0.1) is 5.10 Å². The number of hydrogen-bond donors (Lipinski definition) is 1. The van der Waals surface area contributed by atoms with Crippen molar-refractivity contribution in [1.82, 2.24) is 5.32 Å². The van der Waals surface area contributed by atoms with Gasteiger partial charge in [-0.2, -0.15) is 5.10 Å². The SMILES string of the molecule is C=C/C(=N\N=C)Oc1cccc([C@H]2OCCN[C@@H]2C)c1.[HH]. The Morgan fingerprint density at radius 2 is 2.45 bits per heavy atom. The highest BCUT2D eigenvalue weighted by Gasteiger charge is 2.23. The van der Waals surface area contributed by atoms with E-state index in [1.165, 1.54) is 6.08 Å². The van der Waals surface area contributed by atoms with Gasteiger partial charge in [-0.05, 0) is 30.7 Å². The monoisotopic (exact) mass is 275 g/mol. The van der Waals surface area contributed by atoms with E-state index in [0.29, 0.717) is 18.3 Å². The van der Waals surface area contributed by atoms with Crippen LogP contribution in [0.25, 0.3) is 0 Å². The second kappa shape index (κ2) is 6.98. The molecule has 1 saturated heterocycles. The Hall–Kier alpha value is -1.98. The van der Waals surface area contributed by atoms with E-state index < -0.39 is 0 Å². The average molecular weight is 275 g/mol. The molecule has 1 N–H and O–H groups in total. The minimum Gasteiger partial charge on any atom is -0.438 e. The van der Waals surface area contributed by atoms with Crippen LogP contribution < -0.4 is 10.1 Å². The fourth-order valence-corrected chi connectivity index (χ4v) is 2.16. The van der Waals surface area contributed by atoms with Gasteiger partial charge in [-0.25, -0.2) is 0 Å². The summed E-state index contributed by atoms with van der Waals surface area (Å²) in [4.78, 5) is 0. The Morgan fingerprint density at radius 3 is 3.15 bits per heavy atom. The van der Waals surface area contributed by atoms with Gasteiger partial charge in [0.05, 0.1) is 12.7 Å². The zero-order valence-electron chi connectivity index (χ0n) is 11.6. The minimum atomic E-state index is 0. The van der Waals surface area contributed by atoms with E-state index in [0.717, 1.165) is 12.1 Å². The summed E-state index contributed by atoms with van der Waals surface area (Å²) in [6.07, 6.45) is 1.51. The first-order valence-corrected chi connectivity index (χ1v) is 6.53. The number of morpholine rings is 1. The fraction of sp³-hybridized carbons (Fsp3) is 0.333. The van der Waals surface area contributed by atoms with Crippen LogP contribution in [-0.4, -0.2) is 31.8 Å². The Bertz CT molecular complexity index is 519. The number of nitrogens with one attached hydrogen (secondary N) is 1. The number of nitrogens with zero attached hydrogens (tertiary/aromatic N) is 2. The third-order valence-electron chi connectivity index (χ3n) is 3.07. The van der Waals surface area contributed by atoms with Crippen LogP contribution in [0.3, 0.4) is 0 Å². The quantitative estimate of drug-likeness (QED) is 0.522. The maximum Gasteiger partial charge on any atom is 0.238 e. The molecule has 2 rings (SSSR count). The molecule has 5 nitrogen and oxygen atoms in total. The Kier molecular flexibility index (Phi) is 5.03.